The largest absolute Gasteiger partial charge is 0.481 e. The number of unbranched alkanes of at least 4 members (excludes halogenated alkanes) is 3. The smallest absolute Gasteiger partial charge is 0.303 e. The number of carboxylic acids is 1. The van der Waals surface area contributed by atoms with Gasteiger partial charge in [-0.05, 0) is 30.4 Å². The van der Waals surface area contributed by atoms with E-state index in [2.05, 4.69) is 0 Å². The van der Waals surface area contributed by atoms with Crippen molar-refractivity contribution < 1.29 is 29.6 Å². The lowest BCUT2D eigenvalue weighted by Crippen LogP contribution is -2.14. The maximum absolute atomic E-state index is 12.2. The summed E-state index contributed by atoms with van der Waals surface area (Å²) in [5, 5.41) is 29.3. The fraction of sp³-hybridized carbons (Fsp3) is 0.500. The molecule has 164 valence electrons. The zero-order valence-corrected chi connectivity index (χ0v) is 17.5. The van der Waals surface area contributed by atoms with Crippen molar-refractivity contribution >= 4 is 11.8 Å². The van der Waals surface area contributed by atoms with E-state index in [1.165, 1.54) is 0 Å². The predicted molar refractivity (Wildman–Crippen MR) is 114 cm³/mol. The van der Waals surface area contributed by atoms with Crippen LogP contribution in [0, 0.1) is 5.92 Å². The molecule has 1 aromatic rings. The fourth-order valence-electron chi connectivity index (χ4n) is 3.74. The first-order valence-electron chi connectivity index (χ1n) is 10.5. The number of carboxylic acid groups (broad SMARTS) is 1. The Morgan fingerprint density at radius 3 is 2.77 bits per heavy atom. The highest BCUT2D eigenvalue weighted by molar-refractivity contribution is 5.99. The Kier molecular flexibility index (Phi) is 9.94. The number of ether oxygens (including phenoxy) is 1. The van der Waals surface area contributed by atoms with Gasteiger partial charge in [0, 0.05) is 37.9 Å². The van der Waals surface area contributed by atoms with Crippen molar-refractivity contribution in [2.75, 3.05) is 7.11 Å². The molecule has 0 aliphatic heterocycles. The molecule has 0 spiro atoms. The lowest BCUT2D eigenvalue weighted by atomic mass is 9.96. The van der Waals surface area contributed by atoms with Gasteiger partial charge >= 0.3 is 5.97 Å². The first kappa shape index (κ1) is 24.0. The van der Waals surface area contributed by atoms with Crippen molar-refractivity contribution in [1.29, 1.82) is 0 Å². The second-order valence-corrected chi connectivity index (χ2v) is 7.78. The summed E-state index contributed by atoms with van der Waals surface area (Å²) in [6.07, 6.45) is 7.32. The number of aliphatic hydroxyl groups is 2. The van der Waals surface area contributed by atoms with Crippen LogP contribution in [0.5, 0.6) is 0 Å². The van der Waals surface area contributed by atoms with Gasteiger partial charge in [-0.3, -0.25) is 9.59 Å². The van der Waals surface area contributed by atoms with Gasteiger partial charge in [0.2, 0.25) is 0 Å². The van der Waals surface area contributed by atoms with E-state index in [9.17, 15) is 19.8 Å². The molecule has 6 heteroatoms. The van der Waals surface area contributed by atoms with E-state index in [0.29, 0.717) is 31.4 Å². The molecule has 2 rings (SSSR count). The third-order valence-electron chi connectivity index (χ3n) is 5.24. The summed E-state index contributed by atoms with van der Waals surface area (Å²) in [4.78, 5) is 22.8. The SMILES string of the molecule is COCc1cccc(C[C@H](O)/C=C/[C@@H]2/C(=C\CCCCCC(=O)O)C(=O)C[C@H]2O)c1. The van der Waals surface area contributed by atoms with E-state index < -0.39 is 24.1 Å². The molecule has 3 atom stereocenters. The first-order valence-corrected chi connectivity index (χ1v) is 10.5. The Bertz CT molecular complexity index is 767. The fourth-order valence-corrected chi connectivity index (χ4v) is 3.74. The minimum Gasteiger partial charge on any atom is -0.481 e. The highest BCUT2D eigenvalue weighted by atomic mass is 16.5. The van der Waals surface area contributed by atoms with Crippen molar-refractivity contribution in [3.63, 3.8) is 0 Å². The van der Waals surface area contributed by atoms with Crippen LogP contribution >= 0.6 is 0 Å². The molecule has 0 amide bonds. The molecule has 30 heavy (non-hydrogen) atoms. The molecule has 1 aromatic carbocycles. The van der Waals surface area contributed by atoms with Crippen molar-refractivity contribution in [3.05, 3.63) is 59.2 Å². The van der Waals surface area contributed by atoms with Gasteiger partial charge in [-0.1, -0.05) is 48.9 Å². The second-order valence-electron chi connectivity index (χ2n) is 7.78. The Morgan fingerprint density at radius 2 is 2.03 bits per heavy atom. The summed E-state index contributed by atoms with van der Waals surface area (Å²) in [5.41, 5.74) is 2.62. The molecule has 1 aliphatic carbocycles. The molecule has 0 unspecified atom stereocenters. The van der Waals surface area contributed by atoms with Crippen LogP contribution in [0.25, 0.3) is 0 Å². The van der Waals surface area contributed by atoms with Gasteiger partial charge in [0.15, 0.2) is 5.78 Å². The summed E-state index contributed by atoms with van der Waals surface area (Å²) >= 11 is 0. The number of methoxy groups -OCH3 is 1. The van der Waals surface area contributed by atoms with Crippen LogP contribution in [0.3, 0.4) is 0 Å². The number of hydrogen-bond donors (Lipinski definition) is 3. The molecular weight excluding hydrogens is 384 g/mol. The molecular formula is C24H32O6. The van der Waals surface area contributed by atoms with E-state index in [1.807, 2.05) is 30.3 Å². The van der Waals surface area contributed by atoms with Gasteiger partial charge in [-0.15, -0.1) is 0 Å². The molecule has 0 aromatic heterocycles. The predicted octanol–water partition coefficient (Wildman–Crippen LogP) is 3.20. The third-order valence-corrected chi connectivity index (χ3v) is 5.24. The first-order chi connectivity index (χ1) is 14.4. The highest BCUT2D eigenvalue weighted by Crippen LogP contribution is 2.30. The van der Waals surface area contributed by atoms with Crippen LogP contribution in [0.4, 0.5) is 0 Å². The van der Waals surface area contributed by atoms with Crippen molar-refractivity contribution in [3.8, 4) is 0 Å². The van der Waals surface area contributed by atoms with E-state index in [4.69, 9.17) is 9.84 Å². The number of benzene rings is 1. The van der Waals surface area contributed by atoms with Crippen molar-refractivity contribution in [2.45, 2.75) is 63.8 Å². The standard InChI is InChI=1S/C24H32O6/c1-30-16-18-8-6-7-17(13-18)14-19(25)11-12-21-20(22(26)15-23(21)27)9-4-2-3-5-10-24(28)29/h6-9,11-13,19,21,23,25,27H,2-5,10,14-16H2,1H3,(H,28,29)/b12-11+,20-9+/t19-,21-,23-/m1/s1. The highest BCUT2D eigenvalue weighted by Gasteiger charge is 2.34. The molecule has 0 saturated heterocycles. The maximum Gasteiger partial charge on any atom is 0.303 e. The minimum atomic E-state index is -0.795. The lowest BCUT2D eigenvalue weighted by molar-refractivity contribution is -0.137. The van der Waals surface area contributed by atoms with Crippen LogP contribution in [-0.2, 0) is 27.4 Å². The number of carbonyl (C=O) groups is 2. The van der Waals surface area contributed by atoms with Gasteiger partial charge < -0.3 is 20.1 Å². The zero-order valence-electron chi connectivity index (χ0n) is 17.5. The minimum absolute atomic E-state index is 0.0653. The number of Topliss-reactive ketones (excluding diaryl/α,β-unsaturated/α-hetero) is 1. The van der Waals surface area contributed by atoms with Crippen molar-refractivity contribution in [1.82, 2.24) is 0 Å². The van der Waals surface area contributed by atoms with Gasteiger partial charge in [-0.25, -0.2) is 0 Å². The van der Waals surface area contributed by atoms with Gasteiger partial charge in [0.1, 0.15) is 0 Å². The Morgan fingerprint density at radius 1 is 1.27 bits per heavy atom. The average Bonchev–Trinajstić information content (AvgIpc) is 2.95. The average molecular weight is 417 g/mol. The monoisotopic (exact) mass is 416 g/mol. The van der Waals surface area contributed by atoms with E-state index in [0.717, 1.165) is 24.0 Å². The van der Waals surface area contributed by atoms with Gasteiger partial charge in [0.05, 0.1) is 18.8 Å². The summed E-state index contributed by atoms with van der Waals surface area (Å²) < 4.78 is 5.13. The lowest BCUT2D eigenvalue weighted by Gasteiger charge is -2.12. The number of carbonyl (C=O) groups excluding carboxylic acids is 1. The number of rotatable bonds is 12. The molecule has 1 saturated carbocycles. The molecule has 0 radical (unpaired) electrons. The molecule has 0 heterocycles. The van der Waals surface area contributed by atoms with Crippen LogP contribution in [0.1, 0.15) is 49.7 Å². The van der Waals surface area contributed by atoms with E-state index >= 15 is 0 Å². The topological polar surface area (TPSA) is 104 Å². The number of ketones is 1. The van der Waals surface area contributed by atoms with Gasteiger partial charge in [0.25, 0.3) is 0 Å². The van der Waals surface area contributed by atoms with Gasteiger partial charge in [-0.2, -0.15) is 0 Å². The number of aliphatic hydroxyl groups excluding tert-OH is 2. The van der Waals surface area contributed by atoms with E-state index in [1.54, 1.807) is 19.3 Å². The maximum atomic E-state index is 12.2. The van der Waals surface area contributed by atoms with Crippen LogP contribution in [0.15, 0.2) is 48.1 Å². The van der Waals surface area contributed by atoms with E-state index in [-0.39, 0.29) is 18.6 Å². The molecule has 1 fully saturated rings. The summed E-state index contributed by atoms with van der Waals surface area (Å²) in [7, 11) is 1.64. The summed E-state index contributed by atoms with van der Waals surface area (Å²) in [6, 6.07) is 7.83. The molecule has 1 aliphatic rings. The Balaban J connectivity index is 1.92. The normalized spacial score (nSPS) is 21.6. The second kappa shape index (κ2) is 12.4. The third kappa shape index (κ3) is 7.86. The quantitative estimate of drug-likeness (QED) is 0.275. The van der Waals surface area contributed by atoms with Crippen LogP contribution in [0.2, 0.25) is 0 Å². The number of hydrogen-bond acceptors (Lipinski definition) is 5. The summed E-state index contributed by atoms with van der Waals surface area (Å²) in [5.74, 6) is -1.27. The molecule has 0 bridgehead atoms. The molecule has 3 N–H and O–H groups in total. The summed E-state index contributed by atoms with van der Waals surface area (Å²) in [6.45, 7) is 0.514. The number of aliphatic carboxylic acids is 1. The Hall–Kier alpha value is -2.28. The van der Waals surface area contributed by atoms with Crippen LogP contribution < -0.4 is 0 Å². The molecule has 6 nitrogen and oxygen atoms in total. The zero-order chi connectivity index (χ0) is 21.9. The Labute approximate surface area is 177 Å². The van der Waals surface area contributed by atoms with Crippen molar-refractivity contribution in [2.24, 2.45) is 5.92 Å². The van der Waals surface area contributed by atoms with Crippen LogP contribution in [-0.4, -0.2) is 46.4 Å². The number of allylic oxidation sites excluding steroid dienone is 1.